The summed E-state index contributed by atoms with van der Waals surface area (Å²) in [5.41, 5.74) is 0.312. The average Bonchev–Trinajstić information content (AvgIpc) is 2.92. The van der Waals surface area contributed by atoms with Gasteiger partial charge in [0.05, 0.1) is 17.1 Å². The fourth-order valence-corrected chi connectivity index (χ4v) is 2.31. The SMILES string of the molecule is N#C[C@H](NC(=O)c1ccc(F)c(Br)c1)[C@@H]1CCOC1. The molecule has 1 aromatic carbocycles. The third kappa shape index (κ3) is 3.31. The van der Waals surface area contributed by atoms with E-state index in [9.17, 15) is 9.18 Å². The molecule has 4 nitrogen and oxygen atoms in total. The molecule has 1 aliphatic heterocycles. The molecule has 6 heteroatoms. The van der Waals surface area contributed by atoms with Gasteiger partial charge in [-0.2, -0.15) is 5.26 Å². The molecule has 1 aromatic rings. The van der Waals surface area contributed by atoms with Crippen LogP contribution in [-0.4, -0.2) is 25.2 Å². The van der Waals surface area contributed by atoms with E-state index in [1.165, 1.54) is 18.2 Å². The van der Waals surface area contributed by atoms with Crippen molar-refractivity contribution in [2.45, 2.75) is 12.5 Å². The maximum Gasteiger partial charge on any atom is 0.252 e. The summed E-state index contributed by atoms with van der Waals surface area (Å²) in [6.07, 6.45) is 0.756. The van der Waals surface area contributed by atoms with E-state index < -0.39 is 11.9 Å². The zero-order valence-electron chi connectivity index (χ0n) is 10.0. The van der Waals surface area contributed by atoms with Crippen molar-refractivity contribution in [1.29, 1.82) is 5.26 Å². The second-order valence-electron chi connectivity index (χ2n) is 4.33. The molecular weight excluding hydrogens is 315 g/mol. The maximum atomic E-state index is 13.1. The average molecular weight is 327 g/mol. The first-order valence-corrected chi connectivity index (χ1v) is 6.64. The van der Waals surface area contributed by atoms with Gasteiger partial charge in [0.25, 0.3) is 5.91 Å². The Bertz CT molecular complexity index is 524. The third-order valence-corrected chi connectivity index (χ3v) is 3.65. The molecule has 1 saturated heterocycles. The number of nitrogens with one attached hydrogen (secondary N) is 1. The topological polar surface area (TPSA) is 62.1 Å². The van der Waals surface area contributed by atoms with Gasteiger partial charge in [0, 0.05) is 18.1 Å². The van der Waals surface area contributed by atoms with Gasteiger partial charge in [0.2, 0.25) is 0 Å². The fraction of sp³-hybridized carbons (Fsp3) is 0.385. The molecule has 0 unspecified atom stereocenters. The lowest BCUT2D eigenvalue weighted by Gasteiger charge is -2.16. The number of ether oxygens (including phenoxy) is 1. The number of amides is 1. The molecular formula is C13H12BrFN2O2. The molecule has 1 aliphatic rings. The van der Waals surface area contributed by atoms with E-state index in [1.807, 2.05) is 0 Å². The predicted molar refractivity (Wildman–Crippen MR) is 69.9 cm³/mol. The standard InChI is InChI=1S/C13H12BrFN2O2/c14-10-5-8(1-2-11(10)15)13(18)17-12(6-16)9-3-4-19-7-9/h1-2,5,9,12H,3-4,7H2,(H,17,18)/t9-,12+/m1/s1. The Morgan fingerprint density at radius 1 is 1.63 bits per heavy atom. The van der Waals surface area contributed by atoms with Gasteiger partial charge in [-0.15, -0.1) is 0 Å². The molecule has 100 valence electrons. The predicted octanol–water partition coefficient (Wildman–Crippen LogP) is 2.25. The number of carbonyl (C=O) groups excluding carboxylic acids is 1. The third-order valence-electron chi connectivity index (χ3n) is 3.04. The van der Waals surface area contributed by atoms with Gasteiger partial charge in [-0.1, -0.05) is 0 Å². The number of benzene rings is 1. The van der Waals surface area contributed by atoms with Gasteiger partial charge in [0.15, 0.2) is 0 Å². The number of carbonyl (C=O) groups is 1. The first kappa shape index (κ1) is 14.0. The highest BCUT2D eigenvalue weighted by molar-refractivity contribution is 9.10. The van der Waals surface area contributed by atoms with Crippen LogP contribution in [0.15, 0.2) is 22.7 Å². The van der Waals surface area contributed by atoms with Gasteiger partial charge in [-0.25, -0.2) is 4.39 Å². The lowest BCUT2D eigenvalue weighted by molar-refractivity contribution is 0.0931. The lowest BCUT2D eigenvalue weighted by atomic mass is 10.00. The fourth-order valence-electron chi connectivity index (χ4n) is 1.93. The summed E-state index contributed by atoms with van der Waals surface area (Å²) in [6.45, 7) is 1.09. The van der Waals surface area contributed by atoms with Crippen LogP contribution in [0.5, 0.6) is 0 Å². The summed E-state index contributed by atoms with van der Waals surface area (Å²) in [7, 11) is 0. The molecule has 2 atom stereocenters. The van der Waals surface area contributed by atoms with E-state index in [4.69, 9.17) is 10.00 Å². The number of nitriles is 1. The van der Waals surface area contributed by atoms with E-state index in [1.54, 1.807) is 0 Å². The van der Waals surface area contributed by atoms with Crippen LogP contribution in [0, 0.1) is 23.1 Å². The molecule has 1 heterocycles. The van der Waals surface area contributed by atoms with Crippen LogP contribution in [0.4, 0.5) is 4.39 Å². The van der Waals surface area contributed by atoms with Crippen LogP contribution in [0.1, 0.15) is 16.8 Å². The van der Waals surface area contributed by atoms with Crippen molar-refractivity contribution in [2.75, 3.05) is 13.2 Å². The normalized spacial score (nSPS) is 19.7. The molecule has 0 radical (unpaired) electrons. The summed E-state index contributed by atoms with van der Waals surface area (Å²) >= 11 is 3.02. The molecule has 19 heavy (non-hydrogen) atoms. The maximum absolute atomic E-state index is 13.1. The molecule has 0 aromatic heterocycles. The smallest absolute Gasteiger partial charge is 0.252 e. The van der Waals surface area contributed by atoms with Gasteiger partial charge < -0.3 is 10.1 Å². The minimum atomic E-state index is -0.584. The Balaban J connectivity index is 2.06. The number of rotatable bonds is 3. The molecule has 0 saturated carbocycles. The molecule has 0 spiro atoms. The highest BCUT2D eigenvalue weighted by Crippen LogP contribution is 2.19. The van der Waals surface area contributed by atoms with Crippen LogP contribution in [0.25, 0.3) is 0 Å². The number of hydrogen-bond acceptors (Lipinski definition) is 3. The minimum Gasteiger partial charge on any atom is -0.381 e. The largest absolute Gasteiger partial charge is 0.381 e. The monoisotopic (exact) mass is 326 g/mol. The van der Waals surface area contributed by atoms with Gasteiger partial charge in [-0.05, 0) is 40.5 Å². The van der Waals surface area contributed by atoms with E-state index in [0.29, 0.717) is 18.8 Å². The lowest BCUT2D eigenvalue weighted by Crippen LogP contribution is -2.39. The van der Waals surface area contributed by atoms with Gasteiger partial charge in [0.1, 0.15) is 11.9 Å². The van der Waals surface area contributed by atoms with Crippen molar-refractivity contribution in [2.24, 2.45) is 5.92 Å². The molecule has 1 fully saturated rings. The van der Waals surface area contributed by atoms with Gasteiger partial charge >= 0.3 is 0 Å². The van der Waals surface area contributed by atoms with Crippen LogP contribution in [0.3, 0.4) is 0 Å². The molecule has 0 aliphatic carbocycles. The molecule has 1 amide bonds. The summed E-state index contributed by atoms with van der Waals surface area (Å²) in [6, 6.07) is 5.47. The highest BCUT2D eigenvalue weighted by atomic mass is 79.9. The van der Waals surface area contributed by atoms with E-state index >= 15 is 0 Å². The summed E-state index contributed by atoms with van der Waals surface area (Å²) in [5.74, 6) is -0.811. The van der Waals surface area contributed by atoms with Crippen molar-refractivity contribution >= 4 is 21.8 Å². The summed E-state index contributed by atoms with van der Waals surface area (Å²) in [4.78, 5) is 12.0. The highest BCUT2D eigenvalue weighted by Gasteiger charge is 2.27. The Hall–Kier alpha value is -1.45. The van der Waals surface area contributed by atoms with E-state index in [-0.39, 0.29) is 16.3 Å². The summed E-state index contributed by atoms with van der Waals surface area (Å²) in [5, 5.41) is 11.7. The van der Waals surface area contributed by atoms with Crippen molar-refractivity contribution in [3.63, 3.8) is 0 Å². The molecule has 1 N–H and O–H groups in total. The molecule has 0 bridgehead atoms. The van der Waals surface area contributed by atoms with Crippen LogP contribution >= 0.6 is 15.9 Å². The van der Waals surface area contributed by atoms with Crippen LogP contribution in [0.2, 0.25) is 0 Å². The second-order valence-corrected chi connectivity index (χ2v) is 5.19. The number of halogens is 2. The number of hydrogen-bond donors (Lipinski definition) is 1. The van der Waals surface area contributed by atoms with Crippen LogP contribution in [-0.2, 0) is 4.74 Å². The quantitative estimate of drug-likeness (QED) is 0.926. The zero-order valence-corrected chi connectivity index (χ0v) is 11.6. The Morgan fingerprint density at radius 3 is 3.00 bits per heavy atom. The zero-order chi connectivity index (χ0) is 13.8. The second kappa shape index (κ2) is 6.13. The van der Waals surface area contributed by atoms with Crippen molar-refractivity contribution in [3.05, 3.63) is 34.1 Å². The van der Waals surface area contributed by atoms with Crippen LogP contribution < -0.4 is 5.32 Å². The van der Waals surface area contributed by atoms with Crippen molar-refractivity contribution < 1.29 is 13.9 Å². The Kier molecular flexibility index (Phi) is 4.51. The molecule has 2 rings (SSSR count). The number of nitrogens with zero attached hydrogens (tertiary/aromatic N) is 1. The first-order valence-electron chi connectivity index (χ1n) is 5.85. The van der Waals surface area contributed by atoms with E-state index in [0.717, 1.165) is 6.42 Å². The van der Waals surface area contributed by atoms with Gasteiger partial charge in [-0.3, -0.25) is 4.79 Å². The first-order chi connectivity index (χ1) is 9.11. The van der Waals surface area contributed by atoms with Crippen molar-refractivity contribution in [1.82, 2.24) is 5.32 Å². The van der Waals surface area contributed by atoms with Crippen molar-refractivity contribution in [3.8, 4) is 6.07 Å². The Labute approximate surface area is 118 Å². The Morgan fingerprint density at radius 2 is 2.42 bits per heavy atom. The summed E-state index contributed by atoms with van der Waals surface area (Å²) < 4.78 is 18.5. The van der Waals surface area contributed by atoms with E-state index in [2.05, 4.69) is 27.3 Å². The minimum absolute atomic E-state index is 0.0119.